The van der Waals surface area contributed by atoms with E-state index in [0.717, 1.165) is 44.1 Å². The number of nitrogens with one attached hydrogen (secondary N) is 5. The van der Waals surface area contributed by atoms with Gasteiger partial charge in [0.25, 0.3) is 5.56 Å². The summed E-state index contributed by atoms with van der Waals surface area (Å²) in [5, 5.41) is 11.5. The molecule has 45 heavy (non-hydrogen) atoms. The van der Waals surface area contributed by atoms with Gasteiger partial charge in [-0.3, -0.25) is 15.1 Å². The number of rotatable bonds is 13. The number of ether oxygens (including phenoxy) is 1. The molecule has 1 aromatic heterocycles. The number of unbranched alkanes of at least 4 members (excludes halogenated alkanes) is 1. The maximum atomic E-state index is 12.9. The lowest BCUT2D eigenvalue weighted by molar-refractivity contribution is -0.139. The first kappa shape index (κ1) is 35.3. The summed E-state index contributed by atoms with van der Waals surface area (Å²) >= 11 is 0. The molecule has 1 aliphatic rings. The molecule has 0 radical (unpaired) electrons. The Hall–Kier alpha value is -4.15. The Balaban J connectivity index is 1.48. The van der Waals surface area contributed by atoms with Crippen LogP contribution in [0.5, 0.6) is 0 Å². The number of urea groups is 2. The zero-order chi connectivity index (χ0) is 33.0. The molecule has 3 rings (SSSR count). The number of benzene rings is 1. The molecule has 3 unspecified atom stereocenters. The predicted molar refractivity (Wildman–Crippen MR) is 178 cm³/mol. The molecular formula is C34H50N6O5. The average Bonchev–Trinajstić information content (AvgIpc) is 2.94. The van der Waals surface area contributed by atoms with Gasteiger partial charge < -0.3 is 20.7 Å². The first-order valence-corrected chi connectivity index (χ1v) is 15.9. The monoisotopic (exact) mass is 622 g/mol. The van der Waals surface area contributed by atoms with Gasteiger partial charge >= 0.3 is 18.0 Å². The number of esters is 1. The summed E-state index contributed by atoms with van der Waals surface area (Å²) in [4.78, 5) is 55.9. The molecule has 0 aliphatic heterocycles. The second kappa shape index (κ2) is 16.2. The molecular weight excluding hydrogens is 572 g/mol. The molecule has 3 atom stereocenters. The van der Waals surface area contributed by atoms with E-state index >= 15 is 0 Å². The van der Waals surface area contributed by atoms with E-state index in [4.69, 9.17) is 4.74 Å². The Kier molecular flexibility index (Phi) is 12.8. The van der Waals surface area contributed by atoms with Crippen molar-refractivity contribution in [3.05, 3.63) is 58.0 Å². The van der Waals surface area contributed by atoms with Crippen molar-refractivity contribution in [2.45, 2.75) is 92.5 Å². The largest absolute Gasteiger partial charge is 0.462 e. The standard InChI is InChI=1S/C34H50N6O5/c1-7-9-10-24(8-2)20-45-29(42)16-13-25-11-14-26(15-12-25)37-32(44)38-27-18-33(4,5)21-34(6,19-27)22-35-31(43)40-30-36-23(3)17-28(41)39-30/h11-17,24,27H,7-10,18-22H2,1-6H3,(H2,37,38,44)(H3,35,36,39,40,41,43)/b16-13+. The molecule has 2 aromatic rings. The number of amides is 4. The quantitative estimate of drug-likeness (QED) is 0.129. The van der Waals surface area contributed by atoms with E-state index in [0.29, 0.717) is 36.9 Å². The minimum Gasteiger partial charge on any atom is -0.462 e. The van der Waals surface area contributed by atoms with Crippen LogP contribution in [0.25, 0.3) is 6.08 Å². The van der Waals surface area contributed by atoms with Crippen LogP contribution in [-0.2, 0) is 9.53 Å². The minimum atomic E-state index is -0.460. The summed E-state index contributed by atoms with van der Waals surface area (Å²) in [6.45, 7) is 13.2. The molecule has 0 bridgehead atoms. The van der Waals surface area contributed by atoms with Gasteiger partial charge in [0, 0.05) is 36.1 Å². The Morgan fingerprint density at radius 2 is 1.82 bits per heavy atom. The highest BCUT2D eigenvalue weighted by atomic mass is 16.5. The second-order valence-corrected chi connectivity index (χ2v) is 13.4. The fourth-order valence-electron chi connectivity index (χ4n) is 6.29. The molecule has 11 heteroatoms. The van der Waals surface area contributed by atoms with Crippen molar-refractivity contribution in [2.24, 2.45) is 16.7 Å². The van der Waals surface area contributed by atoms with Crippen molar-refractivity contribution in [3.8, 4) is 0 Å². The highest BCUT2D eigenvalue weighted by Gasteiger charge is 2.42. The van der Waals surface area contributed by atoms with Crippen molar-refractivity contribution in [2.75, 3.05) is 23.8 Å². The van der Waals surface area contributed by atoms with Crippen molar-refractivity contribution in [1.82, 2.24) is 20.6 Å². The highest BCUT2D eigenvalue weighted by Crippen LogP contribution is 2.45. The maximum absolute atomic E-state index is 12.9. The SMILES string of the molecule is CCCCC(CC)COC(=O)/C=C/c1ccc(NC(=O)NC2CC(C)(C)CC(C)(CNC(=O)Nc3nc(C)cc(=O)[nH]3)C2)cc1. The van der Waals surface area contributed by atoms with Crippen LogP contribution in [0.3, 0.4) is 0 Å². The third-order valence-electron chi connectivity index (χ3n) is 8.14. The van der Waals surface area contributed by atoms with Crippen LogP contribution in [0.4, 0.5) is 21.2 Å². The topological polar surface area (TPSA) is 154 Å². The molecule has 11 nitrogen and oxygen atoms in total. The molecule has 246 valence electrons. The van der Waals surface area contributed by atoms with Crippen LogP contribution in [0.15, 0.2) is 41.2 Å². The van der Waals surface area contributed by atoms with Crippen molar-refractivity contribution < 1.29 is 19.1 Å². The van der Waals surface area contributed by atoms with E-state index in [9.17, 15) is 19.2 Å². The van der Waals surface area contributed by atoms with E-state index < -0.39 is 6.03 Å². The Morgan fingerprint density at radius 3 is 2.49 bits per heavy atom. The molecule has 4 amide bonds. The van der Waals surface area contributed by atoms with Gasteiger partial charge in [0.15, 0.2) is 0 Å². The zero-order valence-electron chi connectivity index (χ0n) is 27.5. The maximum Gasteiger partial charge on any atom is 0.330 e. The van der Waals surface area contributed by atoms with E-state index in [1.165, 1.54) is 12.1 Å². The van der Waals surface area contributed by atoms with Crippen molar-refractivity contribution in [3.63, 3.8) is 0 Å². The van der Waals surface area contributed by atoms with Crippen LogP contribution in [0.1, 0.15) is 90.8 Å². The van der Waals surface area contributed by atoms with Crippen LogP contribution in [-0.4, -0.2) is 47.2 Å². The summed E-state index contributed by atoms with van der Waals surface area (Å²) in [5.74, 6) is 0.128. The normalized spacial score (nSPS) is 19.8. The summed E-state index contributed by atoms with van der Waals surface area (Å²) in [6, 6.07) is 7.72. The molecule has 1 saturated carbocycles. The first-order chi connectivity index (χ1) is 21.3. The fourth-order valence-corrected chi connectivity index (χ4v) is 6.29. The molecule has 0 spiro atoms. The van der Waals surface area contributed by atoms with E-state index in [-0.39, 0.29) is 40.4 Å². The van der Waals surface area contributed by atoms with Gasteiger partial charge in [-0.05, 0) is 73.1 Å². The number of aryl methyl sites for hydroxylation is 1. The lowest BCUT2D eigenvalue weighted by Crippen LogP contribution is -2.51. The van der Waals surface area contributed by atoms with Crippen molar-refractivity contribution >= 4 is 35.7 Å². The number of hydrogen-bond acceptors (Lipinski definition) is 6. The number of carbonyl (C=O) groups excluding carboxylic acids is 3. The number of anilines is 2. The van der Waals surface area contributed by atoms with E-state index in [1.807, 2.05) is 12.1 Å². The van der Waals surface area contributed by atoms with Gasteiger partial charge in [0.05, 0.1) is 6.61 Å². The summed E-state index contributed by atoms with van der Waals surface area (Å²) < 4.78 is 5.42. The number of aromatic amines is 1. The highest BCUT2D eigenvalue weighted by molar-refractivity contribution is 5.90. The number of carbonyl (C=O) groups is 3. The van der Waals surface area contributed by atoms with Gasteiger partial charge in [-0.1, -0.05) is 66.0 Å². The third-order valence-corrected chi connectivity index (χ3v) is 8.14. The summed E-state index contributed by atoms with van der Waals surface area (Å²) in [7, 11) is 0. The summed E-state index contributed by atoms with van der Waals surface area (Å²) in [5.41, 5.74) is 1.29. The number of H-pyrrole nitrogens is 1. The Morgan fingerprint density at radius 1 is 1.09 bits per heavy atom. The molecule has 0 saturated heterocycles. The van der Waals surface area contributed by atoms with Crippen LogP contribution in [0.2, 0.25) is 0 Å². The third kappa shape index (κ3) is 12.4. The van der Waals surface area contributed by atoms with Crippen LogP contribution >= 0.6 is 0 Å². The van der Waals surface area contributed by atoms with Crippen LogP contribution in [0, 0.1) is 23.7 Å². The number of nitrogens with zero attached hydrogens (tertiary/aromatic N) is 1. The molecule has 5 N–H and O–H groups in total. The lowest BCUT2D eigenvalue weighted by Gasteiger charge is -2.46. The van der Waals surface area contributed by atoms with E-state index in [2.05, 4.69) is 65.9 Å². The van der Waals surface area contributed by atoms with Crippen LogP contribution < -0.4 is 26.8 Å². The van der Waals surface area contributed by atoms with E-state index in [1.54, 1.807) is 25.1 Å². The predicted octanol–water partition coefficient (Wildman–Crippen LogP) is 6.38. The Labute approximate surface area is 266 Å². The summed E-state index contributed by atoms with van der Waals surface area (Å²) in [6.07, 6.45) is 9.81. The lowest BCUT2D eigenvalue weighted by atomic mass is 9.62. The minimum absolute atomic E-state index is 0.0610. The van der Waals surface area contributed by atoms with Gasteiger partial charge in [0.2, 0.25) is 5.95 Å². The van der Waals surface area contributed by atoms with Gasteiger partial charge in [-0.2, -0.15) is 0 Å². The number of aromatic nitrogens is 2. The zero-order valence-corrected chi connectivity index (χ0v) is 27.5. The van der Waals surface area contributed by atoms with Crippen molar-refractivity contribution in [1.29, 1.82) is 0 Å². The molecule has 1 aromatic carbocycles. The Bertz CT molecular complexity index is 1390. The molecule has 1 fully saturated rings. The second-order valence-electron chi connectivity index (χ2n) is 13.4. The first-order valence-electron chi connectivity index (χ1n) is 15.9. The number of hydrogen-bond donors (Lipinski definition) is 5. The fraction of sp³-hybridized carbons (Fsp3) is 0.559. The smallest absolute Gasteiger partial charge is 0.330 e. The molecule has 1 heterocycles. The molecule has 1 aliphatic carbocycles. The van der Waals surface area contributed by atoms with Gasteiger partial charge in [0.1, 0.15) is 0 Å². The average molecular weight is 623 g/mol. The van der Waals surface area contributed by atoms with Gasteiger partial charge in [-0.25, -0.2) is 19.4 Å². The van der Waals surface area contributed by atoms with Gasteiger partial charge in [-0.15, -0.1) is 0 Å².